The average Bonchev–Trinajstić information content (AvgIpc) is 2.73. The van der Waals surface area contributed by atoms with Crippen molar-refractivity contribution in [3.63, 3.8) is 0 Å². The molecule has 0 aliphatic carbocycles. The molecule has 0 aromatic carbocycles. The summed E-state index contributed by atoms with van der Waals surface area (Å²) in [5.41, 5.74) is 4.65. The van der Waals surface area contributed by atoms with E-state index in [9.17, 15) is 19.9 Å². The number of hydrogen-bond donors (Lipinski definition) is 4. The number of nitrogens with two attached hydrogens (primary N) is 1. The van der Waals surface area contributed by atoms with Gasteiger partial charge in [-0.05, 0) is 17.9 Å². The molecule has 1 fully saturated rings. The van der Waals surface area contributed by atoms with Crippen molar-refractivity contribution in [3.05, 3.63) is 22.7 Å². The predicted molar refractivity (Wildman–Crippen MR) is 78.3 cm³/mol. The van der Waals surface area contributed by atoms with Gasteiger partial charge in [0.1, 0.15) is 24.1 Å². The third-order valence-corrected chi connectivity index (χ3v) is 4.80. The minimum atomic E-state index is -3.42. The van der Waals surface area contributed by atoms with Crippen LogP contribution in [0.2, 0.25) is 0 Å². The molecule has 0 spiro atoms. The van der Waals surface area contributed by atoms with Crippen LogP contribution in [0, 0.1) is 0 Å². The molecule has 12 heteroatoms. The van der Waals surface area contributed by atoms with Crippen LogP contribution in [0.25, 0.3) is 0 Å². The first kappa shape index (κ1) is 17.4. The molecule has 10 nitrogen and oxygen atoms in total. The molecule has 5 N–H and O–H groups in total. The molecule has 2 heterocycles. The molecule has 1 aliphatic rings. The highest BCUT2D eigenvalue weighted by Gasteiger charge is 2.44. The van der Waals surface area contributed by atoms with Gasteiger partial charge in [-0.2, -0.15) is 4.98 Å². The quantitative estimate of drug-likeness (QED) is 0.452. The second-order valence-electron chi connectivity index (χ2n) is 4.54. The summed E-state index contributed by atoms with van der Waals surface area (Å²) in [5, 5.41) is 19.9. The van der Waals surface area contributed by atoms with E-state index in [1.54, 1.807) is 0 Å². The van der Waals surface area contributed by atoms with Crippen LogP contribution in [0.5, 0.6) is 0 Å². The number of ether oxygens (including phenoxy) is 1. The van der Waals surface area contributed by atoms with Gasteiger partial charge in [0.2, 0.25) is 0 Å². The van der Waals surface area contributed by atoms with Crippen LogP contribution >= 0.6 is 6.72 Å². The van der Waals surface area contributed by atoms with Crippen molar-refractivity contribution in [3.8, 4) is 0 Å². The summed E-state index contributed by atoms with van der Waals surface area (Å²) in [4.78, 5) is 24.8. The molecule has 1 aliphatic heterocycles. The van der Waals surface area contributed by atoms with E-state index in [1.165, 1.54) is 19.4 Å². The van der Waals surface area contributed by atoms with Gasteiger partial charge in [-0.25, -0.2) is 4.79 Å². The van der Waals surface area contributed by atoms with E-state index < -0.39 is 36.9 Å². The Labute approximate surface area is 130 Å². The Balaban J connectivity index is 2.13. The van der Waals surface area contributed by atoms with Gasteiger partial charge < -0.3 is 34.6 Å². The lowest BCUT2D eigenvalue weighted by atomic mass is 10.1. The maximum atomic E-state index is 11.7. The molecular formula is C10H16N3O7PS. The molecule has 0 saturated carbocycles. The summed E-state index contributed by atoms with van der Waals surface area (Å²) in [6.07, 6.45) is -3.62. The van der Waals surface area contributed by atoms with Gasteiger partial charge in [0.05, 0.1) is 6.61 Å². The number of nitrogen functional groups attached to an aromatic ring is 1. The highest BCUT2D eigenvalue weighted by molar-refractivity contribution is 8.07. The molecular weight excluding hydrogens is 337 g/mol. The number of rotatable bonds is 5. The molecule has 5 unspecified atom stereocenters. The zero-order valence-corrected chi connectivity index (χ0v) is 13.2. The fourth-order valence-corrected chi connectivity index (χ4v) is 2.56. The monoisotopic (exact) mass is 353 g/mol. The first-order chi connectivity index (χ1) is 10.2. The zero-order chi connectivity index (χ0) is 16.5. The van der Waals surface area contributed by atoms with Gasteiger partial charge >= 0.3 is 12.4 Å². The Hall–Kier alpha value is -0.910. The molecule has 0 radical (unpaired) electrons. The highest BCUT2D eigenvalue weighted by atomic mass is 32.5. The minimum absolute atomic E-state index is 0.0234. The van der Waals surface area contributed by atoms with Crippen molar-refractivity contribution >= 4 is 24.3 Å². The first-order valence-electron chi connectivity index (χ1n) is 6.14. The van der Waals surface area contributed by atoms with Crippen molar-refractivity contribution in [2.45, 2.75) is 24.5 Å². The lowest BCUT2D eigenvalue weighted by Crippen LogP contribution is -2.36. The number of nitrogens with zero attached hydrogens (tertiary/aromatic N) is 2. The predicted octanol–water partition coefficient (Wildman–Crippen LogP) is -1.68. The Morgan fingerprint density at radius 3 is 2.82 bits per heavy atom. The second-order valence-corrected chi connectivity index (χ2v) is 7.48. The van der Waals surface area contributed by atoms with E-state index in [2.05, 4.69) is 21.3 Å². The summed E-state index contributed by atoms with van der Waals surface area (Å²) in [5.74, 6) is 0.0234. The van der Waals surface area contributed by atoms with Crippen LogP contribution in [0.15, 0.2) is 17.1 Å². The Morgan fingerprint density at radius 1 is 1.55 bits per heavy atom. The molecule has 124 valence electrons. The fraction of sp³-hybridized carbons (Fsp3) is 0.600. The Morgan fingerprint density at radius 2 is 2.23 bits per heavy atom. The standard InChI is InChI=1S/C10H16N3O7PS/c1-18-21(17,22)19-4-5-7(14)8(15)9(20-5)13-3-2-6(11)12-10(13)16/h2-3,5,7-9,14-15H,4H2,1H3,(H,17,22)(H2,11,12,16). The van der Waals surface area contributed by atoms with Crippen LogP contribution in [-0.4, -0.2) is 56.7 Å². The van der Waals surface area contributed by atoms with Gasteiger partial charge in [0.25, 0.3) is 0 Å². The SMILES string of the molecule is COP(O)(=S)OCC1OC(n2ccc(N)nc2=O)C(O)C1O. The minimum Gasteiger partial charge on any atom is -0.387 e. The van der Waals surface area contributed by atoms with Crippen LogP contribution in [0.4, 0.5) is 5.82 Å². The maximum Gasteiger partial charge on any atom is 0.351 e. The number of hydrogen-bond acceptors (Lipinski definition) is 9. The Kier molecular flexibility index (Phi) is 5.30. The number of anilines is 1. The van der Waals surface area contributed by atoms with Gasteiger partial charge in [-0.1, -0.05) is 0 Å². The topological polar surface area (TPSA) is 149 Å². The van der Waals surface area contributed by atoms with Crippen molar-refractivity contribution in [1.29, 1.82) is 0 Å². The van der Waals surface area contributed by atoms with Crippen molar-refractivity contribution in [2.24, 2.45) is 0 Å². The van der Waals surface area contributed by atoms with Gasteiger partial charge in [0.15, 0.2) is 6.23 Å². The third-order valence-electron chi connectivity index (χ3n) is 3.10. The summed E-state index contributed by atoms with van der Waals surface area (Å²) in [6, 6.07) is 1.35. The average molecular weight is 353 g/mol. The lowest BCUT2D eigenvalue weighted by Gasteiger charge is -2.18. The van der Waals surface area contributed by atoms with Crippen LogP contribution in [0.1, 0.15) is 6.23 Å². The summed E-state index contributed by atoms with van der Waals surface area (Å²) in [7, 11) is 1.18. The van der Waals surface area contributed by atoms with Gasteiger partial charge in [-0.3, -0.25) is 4.57 Å². The van der Waals surface area contributed by atoms with Gasteiger partial charge in [0, 0.05) is 13.3 Å². The summed E-state index contributed by atoms with van der Waals surface area (Å²) in [6.45, 7) is -3.73. The Bertz CT molecular complexity index is 641. The van der Waals surface area contributed by atoms with Crippen molar-refractivity contribution in [1.82, 2.24) is 9.55 Å². The van der Waals surface area contributed by atoms with E-state index in [-0.39, 0.29) is 12.4 Å². The zero-order valence-electron chi connectivity index (χ0n) is 11.5. The normalized spacial score (nSPS) is 31.1. The van der Waals surface area contributed by atoms with Crippen LogP contribution in [0.3, 0.4) is 0 Å². The molecule has 22 heavy (non-hydrogen) atoms. The molecule has 5 atom stereocenters. The van der Waals surface area contributed by atoms with E-state index >= 15 is 0 Å². The largest absolute Gasteiger partial charge is 0.387 e. The van der Waals surface area contributed by atoms with E-state index in [0.717, 1.165) is 4.57 Å². The number of aliphatic hydroxyl groups is 2. The van der Waals surface area contributed by atoms with Gasteiger partial charge in [-0.15, -0.1) is 0 Å². The van der Waals surface area contributed by atoms with Crippen molar-refractivity contribution < 1.29 is 28.9 Å². The van der Waals surface area contributed by atoms with Crippen LogP contribution in [-0.2, 0) is 25.6 Å². The fourth-order valence-electron chi connectivity index (χ4n) is 1.94. The molecule has 1 aromatic heterocycles. The third kappa shape index (κ3) is 3.70. The van der Waals surface area contributed by atoms with E-state index in [1.807, 2.05) is 0 Å². The van der Waals surface area contributed by atoms with Crippen LogP contribution < -0.4 is 11.4 Å². The van der Waals surface area contributed by atoms with E-state index in [4.69, 9.17) is 15.0 Å². The molecule has 0 bridgehead atoms. The number of aliphatic hydroxyl groups excluding tert-OH is 2. The lowest BCUT2D eigenvalue weighted by molar-refractivity contribution is -0.0529. The highest BCUT2D eigenvalue weighted by Crippen LogP contribution is 2.43. The maximum absolute atomic E-state index is 11.7. The molecule has 0 amide bonds. The number of aromatic nitrogens is 2. The van der Waals surface area contributed by atoms with E-state index in [0.29, 0.717) is 0 Å². The first-order valence-corrected chi connectivity index (χ1v) is 8.73. The van der Waals surface area contributed by atoms with Crippen molar-refractivity contribution in [2.75, 3.05) is 19.5 Å². The molecule has 1 aromatic rings. The molecule has 2 rings (SSSR count). The summed E-state index contributed by atoms with van der Waals surface area (Å²) < 4.78 is 15.9. The molecule has 1 saturated heterocycles. The second kappa shape index (κ2) is 6.69. The summed E-state index contributed by atoms with van der Waals surface area (Å²) >= 11 is 4.65. The smallest absolute Gasteiger partial charge is 0.351 e.